The number of sulfonamides is 1. The third-order valence-corrected chi connectivity index (χ3v) is 8.78. The molecule has 2 aromatic carbocycles. The van der Waals surface area contributed by atoms with Gasteiger partial charge in [-0.15, -0.1) is 0 Å². The first-order valence-corrected chi connectivity index (χ1v) is 13.2. The molecule has 1 N–H and O–H groups in total. The summed E-state index contributed by atoms with van der Waals surface area (Å²) in [4.78, 5) is 15.6. The van der Waals surface area contributed by atoms with Crippen LogP contribution < -0.4 is 5.32 Å². The van der Waals surface area contributed by atoms with Gasteiger partial charge in [-0.3, -0.25) is 9.69 Å². The highest BCUT2D eigenvalue weighted by molar-refractivity contribution is 7.89. The normalized spacial score (nSPS) is 21.0. The molecule has 1 aliphatic heterocycles. The van der Waals surface area contributed by atoms with Crippen molar-refractivity contribution in [1.29, 1.82) is 0 Å². The number of amides is 1. The Morgan fingerprint density at radius 3 is 2.28 bits per heavy atom. The summed E-state index contributed by atoms with van der Waals surface area (Å²) in [5.41, 5.74) is 3.42. The molecule has 0 bridgehead atoms. The molecule has 3 aliphatic rings. The summed E-state index contributed by atoms with van der Waals surface area (Å²) >= 11 is 0. The zero-order valence-corrected chi connectivity index (χ0v) is 19.2. The maximum Gasteiger partial charge on any atom is 0.243 e. The molecule has 6 nitrogen and oxygen atoms in total. The van der Waals surface area contributed by atoms with Gasteiger partial charge >= 0.3 is 0 Å². The number of benzene rings is 2. The first-order valence-electron chi connectivity index (χ1n) is 11.7. The number of carbonyl (C=O) groups excluding carboxylic acids is 1. The first-order chi connectivity index (χ1) is 15.5. The molecule has 1 heterocycles. The van der Waals surface area contributed by atoms with Gasteiger partial charge in [0.15, 0.2) is 0 Å². The third kappa shape index (κ3) is 4.47. The van der Waals surface area contributed by atoms with Crippen LogP contribution in [0.3, 0.4) is 0 Å². The summed E-state index contributed by atoms with van der Waals surface area (Å²) in [7, 11) is -3.53. The van der Waals surface area contributed by atoms with Crippen molar-refractivity contribution < 1.29 is 13.2 Å². The number of rotatable bonds is 6. The maximum atomic E-state index is 13.3. The molecule has 5 rings (SSSR count). The molecular weight excluding hydrogens is 422 g/mol. The summed E-state index contributed by atoms with van der Waals surface area (Å²) in [5, 5.41) is 3.13. The van der Waals surface area contributed by atoms with Crippen molar-refractivity contribution in [3.63, 3.8) is 0 Å². The standard InChI is InChI=1S/C25H31N3O3S/c29-25(26-22-11-12-22)24(20-7-2-1-3-8-20)27-14-16-28(17-15-27)32(30,31)23-13-10-19-6-4-5-9-21(19)18-23/h1-3,7-8,10,13,18,22,24H,4-6,9,11-12,14-17H2,(H,26,29). The smallest absolute Gasteiger partial charge is 0.243 e. The van der Waals surface area contributed by atoms with Crippen LogP contribution >= 0.6 is 0 Å². The zero-order chi connectivity index (χ0) is 22.1. The van der Waals surface area contributed by atoms with E-state index in [0.29, 0.717) is 37.1 Å². The number of fused-ring (bicyclic) bond motifs is 1. The SMILES string of the molecule is O=C(NC1CC1)C(c1ccccc1)N1CCN(S(=O)(=O)c2ccc3c(c2)CCCC3)CC1. The quantitative estimate of drug-likeness (QED) is 0.730. The van der Waals surface area contributed by atoms with Gasteiger partial charge in [0.05, 0.1) is 4.90 Å². The van der Waals surface area contributed by atoms with Crippen molar-refractivity contribution in [1.82, 2.24) is 14.5 Å². The molecule has 2 aliphatic carbocycles. The number of piperazine rings is 1. The van der Waals surface area contributed by atoms with E-state index < -0.39 is 10.0 Å². The van der Waals surface area contributed by atoms with E-state index in [9.17, 15) is 13.2 Å². The molecule has 170 valence electrons. The lowest BCUT2D eigenvalue weighted by Crippen LogP contribution is -2.52. The van der Waals surface area contributed by atoms with Gasteiger partial charge in [-0.25, -0.2) is 8.42 Å². The number of hydrogen-bond acceptors (Lipinski definition) is 4. The van der Waals surface area contributed by atoms with Gasteiger partial charge in [0.2, 0.25) is 15.9 Å². The van der Waals surface area contributed by atoms with E-state index in [2.05, 4.69) is 10.2 Å². The van der Waals surface area contributed by atoms with E-state index in [4.69, 9.17) is 0 Å². The van der Waals surface area contributed by atoms with Crippen molar-refractivity contribution in [2.75, 3.05) is 26.2 Å². The van der Waals surface area contributed by atoms with Crippen molar-refractivity contribution in [3.8, 4) is 0 Å². The maximum absolute atomic E-state index is 13.3. The lowest BCUT2D eigenvalue weighted by molar-refractivity contribution is -0.127. The highest BCUT2D eigenvalue weighted by Crippen LogP contribution is 2.29. The third-order valence-electron chi connectivity index (χ3n) is 6.88. The Kier molecular flexibility index (Phi) is 6.05. The van der Waals surface area contributed by atoms with Crippen LogP contribution in [0.25, 0.3) is 0 Å². The average Bonchev–Trinajstić information content (AvgIpc) is 3.64. The molecule has 2 aromatic rings. The van der Waals surface area contributed by atoms with Gasteiger partial charge in [-0.05, 0) is 67.3 Å². The van der Waals surface area contributed by atoms with E-state index in [1.54, 1.807) is 10.4 Å². The number of nitrogens with zero attached hydrogens (tertiary/aromatic N) is 2. The van der Waals surface area contributed by atoms with Crippen molar-refractivity contribution >= 4 is 15.9 Å². The largest absolute Gasteiger partial charge is 0.352 e. The van der Waals surface area contributed by atoms with Crippen molar-refractivity contribution in [3.05, 3.63) is 65.2 Å². The first kappa shape index (κ1) is 21.6. The summed E-state index contributed by atoms with van der Waals surface area (Å²) in [6.45, 7) is 1.84. The number of nitrogens with one attached hydrogen (secondary N) is 1. The predicted octanol–water partition coefficient (Wildman–Crippen LogP) is 2.89. The Morgan fingerprint density at radius 1 is 0.906 bits per heavy atom. The highest BCUT2D eigenvalue weighted by atomic mass is 32.2. The second-order valence-corrected chi connectivity index (χ2v) is 11.1. The van der Waals surface area contributed by atoms with Crippen LogP contribution in [0.2, 0.25) is 0 Å². The number of hydrogen-bond donors (Lipinski definition) is 1. The molecule has 32 heavy (non-hydrogen) atoms. The fourth-order valence-corrected chi connectivity index (χ4v) is 6.37. The van der Waals surface area contributed by atoms with E-state index in [1.165, 1.54) is 17.5 Å². The number of aryl methyl sites for hydroxylation is 2. The summed E-state index contributed by atoms with van der Waals surface area (Å²) in [6, 6.07) is 15.3. The van der Waals surface area contributed by atoms with Gasteiger partial charge in [0.1, 0.15) is 6.04 Å². The van der Waals surface area contributed by atoms with Gasteiger partial charge in [-0.1, -0.05) is 36.4 Å². The minimum absolute atomic E-state index is 0.0182. The minimum Gasteiger partial charge on any atom is -0.352 e. The van der Waals surface area contributed by atoms with E-state index in [-0.39, 0.29) is 11.9 Å². The summed E-state index contributed by atoms with van der Waals surface area (Å²) < 4.78 is 28.2. The minimum atomic E-state index is -3.53. The van der Waals surface area contributed by atoms with Crippen molar-refractivity contribution in [2.45, 2.75) is 55.5 Å². The van der Waals surface area contributed by atoms with Crippen LogP contribution in [0.4, 0.5) is 0 Å². The highest BCUT2D eigenvalue weighted by Gasteiger charge is 2.36. The molecule has 0 spiro atoms. The van der Waals surface area contributed by atoms with Gasteiger partial charge in [0.25, 0.3) is 0 Å². The molecule has 2 fully saturated rings. The van der Waals surface area contributed by atoms with Crippen LogP contribution in [-0.2, 0) is 27.7 Å². The topological polar surface area (TPSA) is 69.7 Å². The second kappa shape index (κ2) is 8.96. The molecule has 0 aromatic heterocycles. The molecule has 1 saturated heterocycles. The Morgan fingerprint density at radius 2 is 1.59 bits per heavy atom. The molecule has 1 unspecified atom stereocenters. The monoisotopic (exact) mass is 453 g/mol. The van der Waals surface area contributed by atoms with Gasteiger partial charge < -0.3 is 5.32 Å². The fourth-order valence-electron chi connectivity index (χ4n) is 4.89. The molecule has 0 radical (unpaired) electrons. The molecule has 1 atom stereocenters. The lowest BCUT2D eigenvalue weighted by atomic mass is 9.92. The Bertz CT molecular complexity index is 1070. The fraction of sp³-hybridized carbons (Fsp3) is 0.480. The molecule has 1 saturated carbocycles. The predicted molar refractivity (Wildman–Crippen MR) is 124 cm³/mol. The van der Waals surface area contributed by atoms with Crippen LogP contribution in [-0.4, -0.2) is 55.8 Å². The van der Waals surface area contributed by atoms with Crippen LogP contribution in [0.5, 0.6) is 0 Å². The molecule has 1 amide bonds. The molecular formula is C25H31N3O3S. The molecule has 7 heteroatoms. The van der Waals surface area contributed by atoms with E-state index >= 15 is 0 Å². The Hall–Kier alpha value is -2.22. The summed E-state index contributed by atoms with van der Waals surface area (Å²) in [6.07, 6.45) is 6.39. The Labute approximate surface area is 190 Å². The summed E-state index contributed by atoms with van der Waals surface area (Å²) in [5.74, 6) is 0.0182. The van der Waals surface area contributed by atoms with Crippen LogP contribution in [0.15, 0.2) is 53.4 Å². The Balaban J connectivity index is 1.31. The average molecular weight is 454 g/mol. The second-order valence-electron chi connectivity index (χ2n) is 9.17. The van der Waals surface area contributed by atoms with E-state index in [0.717, 1.165) is 37.7 Å². The zero-order valence-electron chi connectivity index (χ0n) is 18.4. The lowest BCUT2D eigenvalue weighted by Gasteiger charge is -2.38. The van der Waals surface area contributed by atoms with E-state index in [1.807, 2.05) is 42.5 Å². The van der Waals surface area contributed by atoms with Crippen molar-refractivity contribution in [2.24, 2.45) is 0 Å². The van der Waals surface area contributed by atoms with Crippen LogP contribution in [0, 0.1) is 0 Å². The van der Waals surface area contributed by atoms with Crippen LogP contribution in [0.1, 0.15) is 48.4 Å². The van der Waals surface area contributed by atoms with Gasteiger partial charge in [0, 0.05) is 32.2 Å². The number of carbonyl (C=O) groups is 1. The van der Waals surface area contributed by atoms with Gasteiger partial charge in [-0.2, -0.15) is 4.31 Å².